The minimum absolute atomic E-state index is 0.173. The lowest BCUT2D eigenvalue weighted by molar-refractivity contribution is 0.184. The SMILES string of the molecule is CC(CCc1ccc(O)cc1)NCC(C)(C)N(C)C. The van der Waals surface area contributed by atoms with E-state index in [4.69, 9.17) is 0 Å². The third-order valence-electron chi connectivity index (χ3n) is 3.90. The molecule has 1 aromatic carbocycles. The summed E-state index contributed by atoms with van der Waals surface area (Å²) < 4.78 is 0. The summed E-state index contributed by atoms with van der Waals surface area (Å²) in [5, 5.41) is 12.8. The van der Waals surface area contributed by atoms with E-state index in [1.165, 1.54) is 5.56 Å². The molecule has 0 saturated carbocycles. The third-order valence-corrected chi connectivity index (χ3v) is 3.90. The van der Waals surface area contributed by atoms with Gasteiger partial charge in [-0.3, -0.25) is 0 Å². The lowest BCUT2D eigenvalue weighted by atomic mass is 10.0. The predicted octanol–water partition coefficient (Wildman–Crippen LogP) is 2.64. The van der Waals surface area contributed by atoms with E-state index in [1.54, 1.807) is 12.1 Å². The zero-order valence-corrected chi connectivity index (χ0v) is 12.9. The average Bonchev–Trinajstić information content (AvgIpc) is 2.35. The van der Waals surface area contributed by atoms with Gasteiger partial charge in [0, 0.05) is 18.1 Å². The van der Waals surface area contributed by atoms with E-state index < -0.39 is 0 Å². The highest BCUT2D eigenvalue weighted by Crippen LogP contribution is 2.13. The molecule has 0 aliphatic rings. The molecule has 0 amide bonds. The number of hydrogen-bond acceptors (Lipinski definition) is 3. The van der Waals surface area contributed by atoms with Gasteiger partial charge in [0.25, 0.3) is 0 Å². The molecule has 0 aliphatic carbocycles. The molecule has 19 heavy (non-hydrogen) atoms. The van der Waals surface area contributed by atoms with Gasteiger partial charge in [0.15, 0.2) is 0 Å². The van der Waals surface area contributed by atoms with Gasteiger partial charge in [0.05, 0.1) is 0 Å². The number of nitrogens with one attached hydrogen (secondary N) is 1. The van der Waals surface area contributed by atoms with E-state index in [1.807, 2.05) is 12.1 Å². The number of likely N-dealkylation sites (N-methyl/N-ethyl adjacent to an activating group) is 1. The first-order valence-electron chi connectivity index (χ1n) is 7.00. The van der Waals surface area contributed by atoms with Gasteiger partial charge in [-0.05, 0) is 65.4 Å². The fourth-order valence-corrected chi connectivity index (χ4v) is 1.73. The molecule has 0 aliphatic heterocycles. The summed E-state index contributed by atoms with van der Waals surface area (Å²) in [5.74, 6) is 0.336. The van der Waals surface area contributed by atoms with Crippen LogP contribution in [0, 0.1) is 0 Å². The normalized spacial score (nSPS) is 13.8. The Hall–Kier alpha value is -1.06. The first-order valence-corrected chi connectivity index (χ1v) is 7.00. The van der Waals surface area contributed by atoms with Crippen LogP contribution in [0.1, 0.15) is 32.8 Å². The van der Waals surface area contributed by atoms with Crippen molar-refractivity contribution in [3.63, 3.8) is 0 Å². The lowest BCUT2D eigenvalue weighted by Crippen LogP contribution is -2.48. The molecule has 1 rings (SSSR count). The first kappa shape index (κ1) is 16.0. The first-order chi connectivity index (χ1) is 8.81. The fraction of sp³-hybridized carbons (Fsp3) is 0.625. The van der Waals surface area contributed by atoms with Gasteiger partial charge in [-0.1, -0.05) is 12.1 Å². The quantitative estimate of drug-likeness (QED) is 0.795. The molecule has 108 valence electrons. The van der Waals surface area contributed by atoms with Crippen molar-refractivity contribution in [2.24, 2.45) is 0 Å². The van der Waals surface area contributed by atoms with Crippen LogP contribution in [0.2, 0.25) is 0 Å². The number of benzene rings is 1. The molecule has 1 aromatic rings. The summed E-state index contributed by atoms with van der Waals surface area (Å²) >= 11 is 0. The van der Waals surface area contributed by atoms with Crippen LogP contribution in [0.5, 0.6) is 5.75 Å². The van der Waals surface area contributed by atoms with Crippen LogP contribution < -0.4 is 5.32 Å². The Morgan fingerprint density at radius 1 is 1.21 bits per heavy atom. The maximum atomic E-state index is 9.24. The Morgan fingerprint density at radius 3 is 2.32 bits per heavy atom. The van der Waals surface area contributed by atoms with Gasteiger partial charge in [-0.25, -0.2) is 0 Å². The van der Waals surface area contributed by atoms with Crippen molar-refractivity contribution in [1.82, 2.24) is 10.2 Å². The zero-order chi connectivity index (χ0) is 14.5. The smallest absolute Gasteiger partial charge is 0.115 e. The van der Waals surface area contributed by atoms with E-state index in [-0.39, 0.29) is 5.54 Å². The predicted molar refractivity (Wildman–Crippen MR) is 81.7 cm³/mol. The molecule has 3 nitrogen and oxygen atoms in total. The van der Waals surface area contributed by atoms with Gasteiger partial charge in [0.2, 0.25) is 0 Å². The van der Waals surface area contributed by atoms with Crippen molar-refractivity contribution in [1.29, 1.82) is 0 Å². The second-order valence-corrected chi connectivity index (χ2v) is 6.19. The second kappa shape index (κ2) is 6.92. The van der Waals surface area contributed by atoms with Crippen molar-refractivity contribution in [3.8, 4) is 5.75 Å². The van der Waals surface area contributed by atoms with Crippen molar-refractivity contribution >= 4 is 0 Å². The van der Waals surface area contributed by atoms with Gasteiger partial charge < -0.3 is 15.3 Å². The van der Waals surface area contributed by atoms with Crippen LogP contribution in [0.4, 0.5) is 0 Å². The maximum Gasteiger partial charge on any atom is 0.115 e. The van der Waals surface area contributed by atoms with Crippen LogP contribution >= 0.6 is 0 Å². The fourth-order valence-electron chi connectivity index (χ4n) is 1.73. The molecule has 1 unspecified atom stereocenters. The molecule has 0 aromatic heterocycles. The Morgan fingerprint density at radius 2 is 1.79 bits per heavy atom. The summed E-state index contributed by atoms with van der Waals surface area (Å²) in [6.45, 7) is 7.70. The highest BCUT2D eigenvalue weighted by atomic mass is 16.3. The molecule has 2 N–H and O–H groups in total. The summed E-state index contributed by atoms with van der Waals surface area (Å²) in [4.78, 5) is 2.24. The monoisotopic (exact) mass is 264 g/mol. The Balaban J connectivity index is 2.32. The van der Waals surface area contributed by atoms with Gasteiger partial charge in [-0.15, -0.1) is 0 Å². The summed E-state index contributed by atoms with van der Waals surface area (Å²) in [6, 6.07) is 7.98. The summed E-state index contributed by atoms with van der Waals surface area (Å²) in [5.41, 5.74) is 1.45. The number of nitrogens with zero attached hydrogens (tertiary/aromatic N) is 1. The number of aryl methyl sites for hydroxylation is 1. The largest absolute Gasteiger partial charge is 0.508 e. The van der Waals surface area contributed by atoms with Gasteiger partial charge >= 0.3 is 0 Å². The molecular formula is C16H28N2O. The molecule has 0 saturated heterocycles. The highest BCUT2D eigenvalue weighted by molar-refractivity contribution is 5.25. The van der Waals surface area contributed by atoms with Crippen LogP contribution in [-0.4, -0.2) is 42.2 Å². The Labute approximate surface area is 117 Å². The highest BCUT2D eigenvalue weighted by Gasteiger charge is 2.20. The number of hydrogen-bond donors (Lipinski definition) is 2. The molecule has 1 atom stereocenters. The maximum absolute atomic E-state index is 9.24. The Kier molecular flexibility index (Phi) is 5.83. The van der Waals surface area contributed by atoms with Crippen molar-refractivity contribution in [3.05, 3.63) is 29.8 Å². The minimum Gasteiger partial charge on any atom is -0.508 e. The van der Waals surface area contributed by atoms with E-state index in [9.17, 15) is 5.11 Å². The van der Waals surface area contributed by atoms with Gasteiger partial charge in [-0.2, -0.15) is 0 Å². The van der Waals surface area contributed by atoms with E-state index >= 15 is 0 Å². The number of phenolic OH excluding ortho intramolecular Hbond substituents is 1. The second-order valence-electron chi connectivity index (χ2n) is 6.19. The van der Waals surface area contributed by atoms with Crippen LogP contribution in [0.3, 0.4) is 0 Å². The number of aromatic hydroxyl groups is 1. The molecule has 0 spiro atoms. The van der Waals surface area contributed by atoms with Crippen LogP contribution in [0.25, 0.3) is 0 Å². The average molecular weight is 264 g/mol. The summed E-state index contributed by atoms with van der Waals surface area (Å²) in [7, 11) is 4.23. The van der Waals surface area contributed by atoms with Crippen LogP contribution in [0.15, 0.2) is 24.3 Å². The third kappa shape index (κ3) is 5.62. The van der Waals surface area contributed by atoms with Crippen molar-refractivity contribution in [2.45, 2.75) is 45.2 Å². The standard InChI is InChI=1S/C16H28N2O/c1-13(17-12-16(2,3)18(4)5)6-7-14-8-10-15(19)11-9-14/h8-11,13,17,19H,6-7,12H2,1-5H3. The van der Waals surface area contributed by atoms with E-state index in [0.717, 1.165) is 19.4 Å². The minimum atomic E-state index is 0.173. The lowest BCUT2D eigenvalue weighted by Gasteiger charge is -2.34. The Bertz CT molecular complexity index is 371. The van der Waals surface area contributed by atoms with Gasteiger partial charge in [0.1, 0.15) is 5.75 Å². The van der Waals surface area contributed by atoms with Crippen molar-refractivity contribution in [2.75, 3.05) is 20.6 Å². The molecule has 0 fully saturated rings. The number of phenols is 1. The topological polar surface area (TPSA) is 35.5 Å². The van der Waals surface area contributed by atoms with Crippen LogP contribution in [-0.2, 0) is 6.42 Å². The molecule has 3 heteroatoms. The summed E-state index contributed by atoms with van der Waals surface area (Å²) in [6.07, 6.45) is 2.14. The molecule has 0 bridgehead atoms. The molecule has 0 heterocycles. The van der Waals surface area contributed by atoms with E-state index in [0.29, 0.717) is 11.8 Å². The zero-order valence-electron chi connectivity index (χ0n) is 12.9. The number of rotatable bonds is 7. The van der Waals surface area contributed by atoms with E-state index in [2.05, 4.69) is 45.1 Å². The molecular weight excluding hydrogens is 236 g/mol. The molecule has 0 radical (unpaired) electrons. The van der Waals surface area contributed by atoms with Crippen molar-refractivity contribution < 1.29 is 5.11 Å².